The van der Waals surface area contributed by atoms with Crippen molar-refractivity contribution < 1.29 is 26.0 Å². The average Bonchev–Trinajstić information content (AvgIpc) is 3.02. The second kappa shape index (κ2) is 8.26. The predicted molar refractivity (Wildman–Crippen MR) is 104 cm³/mol. The van der Waals surface area contributed by atoms with Gasteiger partial charge in [0.15, 0.2) is 10.2 Å². The van der Waals surface area contributed by atoms with Gasteiger partial charge in [-0.1, -0.05) is 30.0 Å². The number of thiazole rings is 1. The summed E-state index contributed by atoms with van der Waals surface area (Å²) in [6, 6.07) is 10.1. The van der Waals surface area contributed by atoms with Gasteiger partial charge in [0.25, 0.3) is 0 Å². The third kappa shape index (κ3) is 5.15. The second-order valence-electron chi connectivity index (χ2n) is 5.74. The Morgan fingerprint density at radius 2 is 1.86 bits per heavy atom. The van der Waals surface area contributed by atoms with E-state index in [1.807, 2.05) is 29.0 Å². The van der Waals surface area contributed by atoms with Gasteiger partial charge in [-0.2, -0.15) is 13.2 Å². The summed E-state index contributed by atoms with van der Waals surface area (Å²) in [6.45, 7) is 0. The van der Waals surface area contributed by atoms with Crippen LogP contribution < -0.4 is 4.72 Å². The van der Waals surface area contributed by atoms with Crippen molar-refractivity contribution >= 4 is 49.0 Å². The van der Waals surface area contributed by atoms with Crippen molar-refractivity contribution in [2.24, 2.45) is 0 Å². The summed E-state index contributed by atoms with van der Waals surface area (Å²) in [5.41, 5.74) is -1.36. The lowest BCUT2D eigenvalue weighted by Crippen LogP contribution is -2.19. The van der Waals surface area contributed by atoms with Crippen molar-refractivity contribution in [3.8, 4) is 0 Å². The third-order valence-electron chi connectivity index (χ3n) is 3.63. The molecule has 0 amide bonds. The van der Waals surface area contributed by atoms with Crippen LogP contribution in [-0.4, -0.2) is 24.9 Å². The lowest BCUT2D eigenvalue weighted by molar-refractivity contribution is -0.139. The Labute approximate surface area is 167 Å². The van der Waals surface area contributed by atoms with Gasteiger partial charge in [-0.15, -0.1) is 11.3 Å². The summed E-state index contributed by atoms with van der Waals surface area (Å²) < 4.78 is 80.0. The van der Waals surface area contributed by atoms with E-state index < -0.39 is 33.3 Å². The minimum atomic E-state index is -4.90. The molecule has 1 heterocycles. The molecule has 0 bridgehead atoms. The van der Waals surface area contributed by atoms with Crippen LogP contribution in [-0.2, 0) is 16.2 Å². The van der Waals surface area contributed by atoms with Gasteiger partial charge in [0.2, 0.25) is 10.0 Å². The van der Waals surface area contributed by atoms with E-state index in [4.69, 9.17) is 0 Å². The maximum atomic E-state index is 14.0. The van der Waals surface area contributed by atoms with Crippen molar-refractivity contribution in [2.45, 2.75) is 16.9 Å². The molecule has 0 saturated carbocycles. The first kappa shape index (κ1) is 20.9. The zero-order chi connectivity index (χ0) is 20.4. The highest BCUT2D eigenvalue weighted by Crippen LogP contribution is 2.34. The number of anilines is 1. The molecule has 28 heavy (non-hydrogen) atoms. The maximum absolute atomic E-state index is 14.0. The summed E-state index contributed by atoms with van der Waals surface area (Å²) in [4.78, 5) is 4.42. The number of para-hydroxylation sites is 1. The van der Waals surface area contributed by atoms with Crippen LogP contribution in [0.2, 0.25) is 0 Å². The average molecular weight is 451 g/mol. The van der Waals surface area contributed by atoms with E-state index in [0.717, 1.165) is 26.7 Å². The molecule has 0 aliphatic carbocycles. The number of nitrogens with one attached hydrogen (secondary N) is 1. The van der Waals surface area contributed by atoms with Crippen LogP contribution in [0.5, 0.6) is 0 Å². The van der Waals surface area contributed by atoms with Crippen LogP contribution >= 0.6 is 23.1 Å². The minimum Gasteiger partial charge on any atom is -0.281 e. The molecule has 0 aliphatic heterocycles. The normalized spacial score (nSPS) is 12.4. The van der Waals surface area contributed by atoms with Gasteiger partial charge < -0.3 is 0 Å². The first-order valence-corrected chi connectivity index (χ1v) is 11.5. The first-order chi connectivity index (χ1) is 13.2. The number of alkyl halides is 3. The number of rotatable bonds is 7. The van der Waals surface area contributed by atoms with Gasteiger partial charge >= 0.3 is 6.18 Å². The summed E-state index contributed by atoms with van der Waals surface area (Å²) in [5, 5.41) is 0. The van der Waals surface area contributed by atoms with Crippen LogP contribution in [0.25, 0.3) is 10.2 Å². The van der Waals surface area contributed by atoms with Crippen LogP contribution in [0, 0.1) is 5.82 Å². The van der Waals surface area contributed by atoms with E-state index in [2.05, 4.69) is 4.98 Å². The zero-order valence-corrected chi connectivity index (χ0v) is 16.6. The molecular weight excluding hydrogens is 436 g/mol. The van der Waals surface area contributed by atoms with Crippen LogP contribution in [0.3, 0.4) is 0 Å². The van der Waals surface area contributed by atoms with E-state index in [9.17, 15) is 26.0 Å². The number of hydrogen-bond acceptors (Lipinski definition) is 5. The van der Waals surface area contributed by atoms with Gasteiger partial charge in [0.1, 0.15) is 0 Å². The molecular formula is C17H14F4N2O2S3. The summed E-state index contributed by atoms with van der Waals surface area (Å²) in [5.74, 6) is -1.53. The number of nitrogens with zero attached hydrogens (tertiary/aromatic N) is 1. The van der Waals surface area contributed by atoms with E-state index in [-0.39, 0.29) is 12.2 Å². The fourth-order valence-electron chi connectivity index (χ4n) is 2.37. The summed E-state index contributed by atoms with van der Waals surface area (Å²) in [6.07, 6.45) is -4.67. The lowest BCUT2D eigenvalue weighted by Gasteiger charge is -2.13. The van der Waals surface area contributed by atoms with Crippen molar-refractivity contribution in [1.29, 1.82) is 0 Å². The number of thioether (sulfide) groups is 1. The van der Waals surface area contributed by atoms with Crippen LogP contribution in [0.15, 0.2) is 46.8 Å². The lowest BCUT2D eigenvalue weighted by atomic mass is 10.2. The van der Waals surface area contributed by atoms with E-state index in [1.54, 1.807) is 0 Å². The quantitative estimate of drug-likeness (QED) is 0.298. The SMILES string of the molecule is O=S(=O)(CCCSc1nc2ccccc2s1)Nc1cccc(C(F)(F)F)c1F. The van der Waals surface area contributed by atoms with Gasteiger partial charge in [-0.05, 0) is 30.7 Å². The summed E-state index contributed by atoms with van der Waals surface area (Å²) in [7, 11) is -3.99. The standard InChI is InChI=1S/C17H14F4N2O2S3/c18-15-11(17(19,20)21)5-3-7-13(15)23-28(24,25)10-4-9-26-16-22-12-6-1-2-8-14(12)27-16/h1-3,5-8,23H,4,9-10H2. The zero-order valence-electron chi connectivity index (χ0n) is 14.2. The summed E-state index contributed by atoms with van der Waals surface area (Å²) >= 11 is 2.89. The number of sulfonamides is 1. The van der Waals surface area contributed by atoms with Crippen molar-refractivity contribution in [2.75, 3.05) is 16.2 Å². The van der Waals surface area contributed by atoms with Gasteiger partial charge in [-0.25, -0.2) is 17.8 Å². The van der Waals surface area contributed by atoms with E-state index in [1.165, 1.54) is 23.1 Å². The number of halogens is 4. The Hall–Kier alpha value is -1.85. The number of benzene rings is 2. The number of fused-ring (bicyclic) bond motifs is 1. The molecule has 4 nitrogen and oxygen atoms in total. The van der Waals surface area contributed by atoms with Crippen LogP contribution in [0.1, 0.15) is 12.0 Å². The molecule has 3 aromatic rings. The first-order valence-electron chi connectivity index (χ1n) is 8.00. The smallest absolute Gasteiger partial charge is 0.281 e. The van der Waals surface area contributed by atoms with Crippen molar-refractivity contribution in [1.82, 2.24) is 4.98 Å². The Balaban J connectivity index is 1.57. The highest BCUT2D eigenvalue weighted by atomic mass is 32.2. The number of aromatic nitrogens is 1. The van der Waals surface area contributed by atoms with Crippen molar-refractivity contribution in [3.05, 3.63) is 53.8 Å². The highest BCUT2D eigenvalue weighted by molar-refractivity contribution is 8.01. The molecule has 0 aliphatic rings. The van der Waals surface area contributed by atoms with Gasteiger partial charge in [-0.3, -0.25) is 4.72 Å². The molecule has 0 spiro atoms. The molecule has 0 saturated heterocycles. The highest BCUT2D eigenvalue weighted by Gasteiger charge is 2.35. The molecule has 3 rings (SSSR count). The Morgan fingerprint density at radius 3 is 2.57 bits per heavy atom. The van der Waals surface area contributed by atoms with E-state index >= 15 is 0 Å². The molecule has 0 atom stereocenters. The molecule has 0 fully saturated rings. The fourth-order valence-corrected chi connectivity index (χ4v) is 5.75. The third-order valence-corrected chi connectivity index (χ3v) is 7.25. The fraction of sp³-hybridized carbons (Fsp3) is 0.235. The van der Waals surface area contributed by atoms with Crippen LogP contribution in [0.4, 0.5) is 23.2 Å². The second-order valence-corrected chi connectivity index (χ2v) is 9.95. The maximum Gasteiger partial charge on any atom is 0.419 e. The van der Waals surface area contributed by atoms with Gasteiger partial charge in [0, 0.05) is 5.75 Å². The van der Waals surface area contributed by atoms with Crippen molar-refractivity contribution in [3.63, 3.8) is 0 Å². The molecule has 1 aromatic heterocycles. The Kier molecular flexibility index (Phi) is 6.15. The molecule has 1 N–H and O–H groups in total. The number of hydrogen-bond donors (Lipinski definition) is 1. The monoisotopic (exact) mass is 450 g/mol. The Bertz CT molecular complexity index is 1050. The molecule has 0 unspecified atom stereocenters. The molecule has 2 aromatic carbocycles. The van der Waals surface area contributed by atoms with E-state index in [0.29, 0.717) is 11.8 Å². The minimum absolute atomic E-state index is 0.233. The molecule has 150 valence electrons. The predicted octanol–water partition coefficient (Wildman–Crippen LogP) is 5.38. The molecule has 11 heteroatoms. The largest absolute Gasteiger partial charge is 0.419 e. The van der Waals surface area contributed by atoms with Gasteiger partial charge in [0.05, 0.1) is 27.2 Å². The Morgan fingerprint density at radius 1 is 1.11 bits per heavy atom. The topological polar surface area (TPSA) is 59.1 Å². The molecule has 0 radical (unpaired) electrons.